The number of thioether (sulfide) groups is 1. The first-order valence-corrected chi connectivity index (χ1v) is 10.0. The Kier molecular flexibility index (Phi) is 4.93. The molecule has 0 spiro atoms. The normalized spacial score (nSPS) is 14.9. The molecule has 0 unspecified atom stereocenters. The highest BCUT2D eigenvalue weighted by molar-refractivity contribution is 8.00. The van der Waals surface area contributed by atoms with Gasteiger partial charge in [0.1, 0.15) is 0 Å². The Balaban J connectivity index is 1.82. The molecule has 1 fully saturated rings. The van der Waals surface area contributed by atoms with Crippen LogP contribution >= 0.6 is 23.4 Å². The van der Waals surface area contributed by atoms with Crippen molar-refractivity contribution >= 4 is 40.2 Å². The van der Waals surface area contributed by atoms with Crippen molar-refractivity contribution in [1.82, 2.24) is 14.9 Å². The number of hydrogen-bond donors (Lipinski definition) is 1. The molecule has 4 rings (SSSR count). The second-order valence-corrected chi connectivity index (χ2v) is 8.26. The molecular formula is C20H18ClN3O2S. The van der Waals surface area contributed by atoms with Gasteiger partial charge in [-0.25, -0.2) is 4.98 Å². The van der Waals surface area contributed by atoms with Gasteiger partial charge in [-0.15, -0.1) is 0 Å². The Bertz CT molecular complexity index is 1080. The minimum Gasteiger partial charge on any atom is -0.352 e. The molecule has 1 aliphatic carbocycles. The average molecular weight is 400 g/mol. The number of nitrogens with one attached hydrogen (secondary N) is 1. The van der Waals surface area contributed by atoms with Gasteiger partial charge in [-0.1, -0.05) is 47.6 Å². The quantitative estimate of drug-likeness (QED) is 0.523. The van der Waals surface area contributed by atoms with Crippen LogP contribution in [0.3, 0.4) is 0 Å². The summed E-state index contributed by atoms with van der Waals surface area (Å²) in [5.41, 5.74) is 0.953. The maximum Gasteiger partial charge on any atom is 0.266 e. The first-order valence-electron chi connectivity index (χ1n) is 8.78. The Labute approximate surface area is 165 Å². The van der Waals surface area contributed by atoms with Crippen molar-refractivity contribution < 1.29 is 4.79 Å². The molecule has 5 nitrogen and oxygen atoms in total. The maximum absolute atomic E-state index is 13.2. The lowest BCUT2D eigenvalue weighted by molar-refractivity contribution is -0.120. The van der Waals surface area contributed by atoms with Crippen LogP contribution in [0.25, 0.3) is 16.6 Å². The lowest BCUT2D eigenvalue weighted by Crippen LogP contribution is -2.33. The molecule has 3 aromatic rings. The van der Waals surface area contributed by atoms with E-state index in [-0.39, 0.29) is 22.8 Å². The van der Waals surface area contributed by atoms with Gasteiger partial charge in [0.25, 0.3) is 5.56 Å². The summed E-state index contributed by atoms with van der Waals surface area (Å²) < 4.78 is 1.50. The molecule has 1 N–H and O–H groups in total. The van der Waals surface area contributed by atoms with E-state index in [1.807, 2.05) is 25.1 Å². The minimum atomic E-state index is -0.382. The zero-order chi connectivity index (χ0) is 19.0. The van der Waals surface area contributed by atoms with E-state index in [4.69, 9.17) is 11.6 Å². The predicted octanol–water partition coefficient (Wildman–Crippen LogP) is 3.80. The van der Waals surface area contributed by atoms with Crippen LogP contribution < -0.4 is 10.9 Å². The average Bonchev–Trinajstić information content (AvgIpc) is 3.47. The number of aromatic nitrogens is 2. The van der Waals surface area contributed by atoms with Crippen molar-refractivity contribution in [3.05, 3.63) is 63.9 Å². The number of benzene rings is 2. The molecule has 1 aromatic heterocycles. The third-order valence-corrected chi connectivity index (χ3v) is 5.79. The van der Waals surface area contributed by atoms with E-state index in [1.165, 1.54) is 16.3 Å². The summed E-state index contributed by atoms with van der Waals surface area (Å²) in [4.78, 5) is 30.2. The molecule has 1 saturated carbocycles. The Morgan fingerprint density at radius 2 is 1.93 bits per heavy atom. The lowest BCUT2D eigenvalue weighted by atomic mass is 10.2. The molecule has 2 aromatic carbocycles. The molecule has 0 bridgehead atoms. The van der Waals surface area contributed by atoms with E-state index in [1.54, 1.807) is 30.3 Å². The van der Waals surface area contributed by atoms with Gasteiger partial charge in [0, 0.05) is 6.04 Å². The molecule has 1 aliphatic rings. The van der Waals surface area contributed by atoms with Crippen LogP contribution in [0.2, 0.25) is 5.02 Å². The van der Waals surface area contributed by atoms with Crippen LogP contribution in [0.15, 0.2) is 58.5 Å². The molecule has 1 amide bonds. The van der Waals surface area contributed by atoms with Crippen LogP contribution in [0.1, 0.15) is 19.8 Å². The zero-order valence-corrected chi connectivity index (χ0v) is 16.3. The first-order chi connectivity index (χ1) is 13.0. The Hall–Kier alpha value is -2.31. The number of halogens is 1. The van der Waals surface area contributed by atoms with Gasteiger partial charge in [0.05, 0.1) is 26.9 Å². The zero-order valence-electron chi connectivity index (χ0n) is 14.7. The first kappa shape index (κ1) is 18.1. The van der Waals surface area contributed by atoms with Crippen LogP contribution in [0, 0.1) is 0 Å². The van der Waals surface area contributed by atoms with Crippen molar-refractivity contribution in [2.75, 3.05) is 0 Å². The van der Waals surface area contributed by atoms with Gasteiger partial charge in [-0.3, -0.25) is 14.2 Å². The number of carbonyl (C=O) groups excluding carboxylic acids is 1. The highest BCUT2D eigenvalue weighted by atomic mass is 35.5. The third kappa shape index (κ3) is 3.73. The van der Waals surface area contributed by atoms with Crippen LogP contribution in [0.5, 0.6) is 0 Å². The summed E-state index contributed by atoms with van der Waals surface area (Å²) in [6.45, 7) is 1.82. The molecule has 0 aliphatic heterocycles. The predicted molar refractivity (Wildman–Crippen MR) is 109 cm³/mol. The van der Waals surface area contributed by atoms with Gasteiger partial charge in [0.2, 0.25) is 5.91 Å². The number of amides is 1. The number of rotatable bonds is 5. The highest BCUT2D eigenvalue weighted by Crippen LogP contribution is 2.28. The number of fused-ring (bicyclic) bond motifs is 1. The number of carbonyl (C=O) groups is 1. The SMILES string of the molecule is C[C@@H](Sc1nc2ccccc2c(=O)n1-c1ccccc1Cl)C(=O)NC1CC1. The fraction of sp³-hybridized carbons (Fsp3) is 0.250. The van der Waals surface area contributed by atoms with Gasteiger partial charge >= 0.3 is 0 Å². The molecule has 138 valence electrons. The van der Waals surface area contributed by atoms with Gasteiger partial charge in [0.15, 0.2) is 5.16 Å². The van der Waals surface area contributed by atoms with Gasteiger partial charge in [-0.05, 0) is 44.0 Å². The van der Waals surface area contributed by atoms with Crippen molar-refractivity contribution in [3.63, 3.8) is 0 Å². The maximum atomic E-state index is 13.2. The van der Waals surface area contributed by atoms with Crippen molar-refractivity contribution in [1.29, 1.82) is 0 Å². The molecule has 1 heterocycles. The topological polar surface area (TPSA) is 64.0 Å². The monoisotopic (exact) mass is 399 g/mol. The van der Waals surface area contributed by atoms with E-state index in [2.05, 4.69) is 10.3 Å². The van der Waals surface area contributed by atoms with Crippen LogP contribution in [0.4, 0.5) is 0 Å². The van der Waals surface area contributed by atoms with E-state index in [0.29, 0.717) is 26.8 Å². The second-order valence-electron chi connectivity index (χ2n) is 6.55. The second kappa shape index (κ2) is 7.37. The van der Waals surface area contributed by atoms with Gasteiger partial charge in [-0.2, -0.15) is 0 Å². The molecule has 27 heavy (non-hydrogen) atoms. The summed E-state index contributed by atoms with van der Waals surface area (Å²) >= 11 is 7.62. The molecule has 7 heteroatoms. The van der Waals surface area contributed by atoms with Crippen molar-refractivity contribution in [2.24, 2.45) is 0 Å². The van der Waals surface area contributed by atoms with Crippen LogP contribution in [-0.4, -0.2) is 26.8 Å². The van der Waals surface area contributed by atoms with E-state index in [9.17, 15) is 9.59 Å². The van der Waals surface area contributed by atoms with Gasteiger partial charge < -0.3 is 5.32 Å². The van der Waals surface area contributed by atoms with Crippen molar-refractivity contribution in [3.8, 4) is 5.69 Å². The third-order valence-electron chi connectivity index (χ3n) is 4.41. The summed E-state index contributed by atoms with van der Waals surface area (Å²) in [7, 11) is 0. The Morgan fingerprint density at radius 1 is 1.22 bits per heavy atom. The summed E-state index contributed by atoms with van der Waals surface area (Å²) in [6.07, 6.45) is 2.06. The fourth-order valence-electron chi connectivity index (χ4n) is 2.79. The summed E-state index contributed by atoms with van der Waals surface area (Å²) in [5, 5.41) is 4.03. The summed E-state index contributed by atoms with van der Waals surface area (Å²) in [6, 6.07) is 14.6. The van der Waals surface area contributed by atoms with E-state index >= 15 is 0 Å². The lowest BCUT2D eigenvalue weighted by Gasteiger charge is -2.17. The van der Waals surface area contributed by atoms with Crippen LogP contribution in [-0.2, 0) is 4.79 Å². The summed E-state index contributed by atoms with van der Waals surface area (Å²) in [5.74, 6) is -0.0457. The molecule has 1 atom stereocenters. The highest BCUT2D eigenvalue weighted by Gasteiger charge is 2.27. The molecule has 0 radical (unpaired) electrons. The molecule has 0 saturated heterocycles. The smallest absolute Gasteiger partial charge is 0.266 e. The van der Waals surface area contributed by atoms with E-state index < -0.39 is 0 Å². The number of para-hydroxylation sites is 2. The largest absolute Gasteiger partial charge is 0.352 e. The number of nitrogens with zero attached hydrogens (tertiary/aromatic N) is 2. The number of hydrogen-bond acceptors (Lipinski definition) is 4. The van der Waals surface area contributed by atoms with Crippen molar-refractivity contribution in [2.45, 2.75) is 36.2 Å². The minimum absolute atomic E-state index is 0.0457. The fourth-order valence-corrected chi connectivity index (χ4v) is 3.94. The van der Waals surface area contributed by atoms with E-state index in [0.717, 1.165) is 12.8 Å². The standard InChI is InChI=1S/C20H18ClN3O2S/c1-12(18(25)22-13-10-11-13)27-20-23-16-8-4-2-6-14(16)19(26)24(20)17-9-5-3-7-15(17)21/h2-9,12-13H,10-11H2,1H3,(H,22,25)/t12-/m1/s1. The molecular weight excluding hydrogens is 382 g/mol. The Morgan fingerprint density at radius 3 is 2.67 bits per heavy atom.